The molecule has 0 fully saturated rings. The van der Waals surface area contributed by atoms with Crippen molar-refractivity contribution in [1.29, 1.82) is 0 Å². The zero-order chi connectivity index (χ0) is 12.8. The molecule has 0 aromatic heterocycles. The zero-order valence-electron chi connectivity index (χ0n) is 10.9. The van der Waals surface area contributed by atoms with Crippen LogP contribution in [0.4, 0.5) is 5.69 Å². The van der Waals surface area contributed by atoms with Crippen LogP contribution in [0.25, 0.3) is 0 Å². The van der Waals surface area contributed by atoms with E-state index in [2.05, 4.69) is 19.2 Å². The molecule has 2 N–H and O–H groups in total. The van der Waals surface area contributed by atoms with Crippen LogP contribution in [0.15, 0.2) is 18.2 Å². The minimum absolute atomic E-state index is 0.0353. The minimum atomic E-state index is 0.0353. The van der Waals surface area contributed by atoms with Crippen LogP contribution in [0.3, 0.4) is 0 Å². The smallest absolute Gasteiger partial charge is 0.162 e. The Morgan fingerprint density at radius 3 is 2.29 bits per heavy atom. The molecule has 0 saturated heterocycles. The molecule has 0 aliphatic carbocycles. The summed E-state index contributed by atoms with van der Waals surface area (Å²) < 4.78 is 10.4. The SMILES string of the molecule is COc1ccc(NC(CO)C(C)C)cc1OC. The van der Waals surface area contributed by atoms with Gasteiger partial charge in [0.2, 0.25) is 0 Å². The van der Waals surface area contributed by atoms with Crippen LogP contribution < -0.4 is 14.8 Å². The summed E-state index contributed by atoms with van der Waals surface area (Å²) in [4.78, 5) is 0. The van der Waals surface area contributed by atoms with E-state index in [4.69, 9.17) is 9.47 Å². The van der Waals surface area contributed by atoms with Gasteiger partial charge in [0, 0.05) is 11.8 Å². The molecule has 0 heterocycles. The van der Waals surface area contributed by atoms with Gasteiger partial charge in [-0.05, 0) is 18.1 Å². The van der Waals surface area contributed by atoms with Gasteiger partial charge in [-0.2, -0.15) is 0 Å². The fourth-order valence-electron chi connectivity index (χ4n) is 1.56. The predicted molar refractivity (Wildman–Crippen MR) is 68.9 cm³/mol. The van der Waals surface area contributed by atoms with Gasteiger partial charge in [0.25, 0.3) is 0 Å². The molecule has 17 heavy (non-hydrogen) atoms. The molecular formula is C13H21NO3. The van der Waals surface area contributed by atoms with Crippen molar-refractivity contribution in [1.82, 2.24) is 0 Å². The number of hydrogen-bond acceptors (Lipinski definition) is 4. The van der Waals surface area contributed by atoms with E-state index in [0.717, 1.165) is 5.69 Å². The third-order valence-electron chi connectivity index (χ3n) is 2.74. The first-order chi connectivity index (χ1) is 8.12. The molecule has 0 amide bonds. The van der Waals surface area contributed by atoms with Crippen LogP contribution in [0.2, 0.25) is 0 Å². The van der Waals surface area contributed by atoms with Crippen molar-refractivity contribution in [3.05, 3.63) is 18.2 Å². The van der Waals surface area contributed by atoms with Gasteiger partial charge >= 0.3 is 0 Å². The highest BCUT2D eigenvalue weighted by Gasteiger charge is 2.13. The highest BCUT2D eigenvalue weighted by atomic mass is 16.5. The van der Waals surface area contributed by atoms with E-state index in [1.54, 1.807) is 14.2 Å². The van der Waals surface area contributed by atoms with E-state index in [1.807, 2.05) is 18.2 Å². The van der Waals surface area contributed by atoms with Gasteiger partial charge in [-0.15, -0.1) is 0 Å². The van der Waals surface area contributed by atoms with E-state index >= 15 is 0 Å². The maximum atomic E-state index is 9.27. The van der Waals surface area contributed by atoms with Gasteiger partial charge in [0.1, 0.15) is 0 Å². The normalized spacial score (nSPS) is 12.4. The lowest BCUT2D eigenvalue weighted by Crippen LogP contribution is -2.29. The molecule has 1 atom stereocenters. The summed E-state index contributed by atoms with van der Waals surface area (Å²) in [6.45, 7) is 4.23. The predicted octanol–water partition coefficient (Wildman–Crippen LogP) is 2.13. The van der Waals surface area contributed by atoms with E-state index in [-0.39, 0.29) is 12.6 Å². The molecule has 4 nitrogen and oxygen atoms in total. The van der Waals surface area contributed by atoms with Crippen LogP contribution in [-0.2, 0) is 0 Å². The van der Waals surface area contributed by atoms with Crippen LogP contribution in [0.5, 0.6) is 11.5 Å². The Hall–Kier alpha value is -1.42. The van der Waals surface area contributed by atoms with Crippen molar-refractivity contribution in [2.75, 3.05) is 26.1 Å². The third-order valence-corrected chi connectivity index (χ3v) is 2.74. The van der Waals surface area contributed by atoms with Crippen molar-refractivity contribution in [3.8, 4) is 11.5 Å². The summed E-state index contributed by atoms with van der Waals surface area (Å²) >= 11 is 0. The Kier molecular flexibility index (Phi) is 5.10. The molecule has 0 aliphatic heterocycles. The van der Waals surface area contributed by atoms with Crippen LogP contribution in [0.1, 0.15) is 13.8 Å². The molecule has 4 heteroatoms. The number of aliphatic hydroxyl groups is 1. The first-order valence-corrected chi connectivity index (χ1v) is 5.71. The lowest BCUT2D eigenvalue weighted by Gasteiger charge is -2.21. The fourth-order valence-corrected chi connectivity index (χ4v) is 1.56. The van der Waals surface area contributed by atoms with Crippen LogP contribution >= 0.6 is 0 Å². The number of hydrogen-bond donors (Lipinski definition) is 2. The van der Waals surface area contributed by atoms with E-state index in [9.17, 15) is 5.11 Å². The fraction of sp³-hybridized carbons (Fsp3) is 0.538. The van der Waals surface area contributed by atoms with Crippen molar-refractivity contribution in [2.24, 2.45) is 5.92 Å². The molecule has 96 valence electrons. The number of methoxy groups -OCH3 is 2. The zero-order valence-corrected chi connectivity index (χ0v) is 10.9. The second-order valence-corrected chi connectivity index (χ2v) is 4.25. The largest absolute Gasteiger partial charge is 0.493 e. The second kappa shape index (κ2) is 6.35. The molecule has 0 bridgehead atoms. The molecule has 1 rings (SSSR count). The van der Waals surface area contributed by atoms with Gasteiger partial charge in [0.05, 0.1) is 26.9 Å². The van der Waals surface area contributed by atoms with Gasteiger partial charge in [0.15, 0.2) is 11.5 Å². The van der Waals surface area contributed by atoms with Crippen molar-refractivity contribution in [3.63, 3.8) is 0 Å². The maximum absolute atomic E-state index is 9.27. The second-order valence-electron chi connectivity index (χ2n) is 4.25. The maximum Gasteiger partial charge on any atom is 0.162 e. The number of benzene rings is 1. The number of rotatable bonds is 6. The average molecular weight is 239 g/mol. The third kappa shape index (κ3) is 3.53. The highest BCUT2D eigenvalue weighted by Crippen LogP contribution is 2.30. The van der Waals surface area contributed by atoms with E-state index in [1.165, 1.54) is 0 Å². The summed E-state index contributed by atoms with van der Waals surface area (Å²) in [6, 6.07) is 5.65. The van der Waals surface area contributed by atoms with Gasteiger partial charge < -0.3 is 19.9 Å². The van der Waals surface area contributed by atoms with Crippen molar-refractivity contribution >= 4 is 5.69 Å². The van der Waals surface area contributed by atoms with Gasteiger partial charge in [-0.3, -0.25) is 0 Å². The monoisotopic (exact) mass is 239 g/mol. The summed E-state index contributed by atoms with van der Waals surface area (Å²) in [5.74, 6) is 1.73. The Bertz CT molecular complexity index is 353. The Morgan fingerprint density at radius 2 is 1.82 bits per heavy atom. The molecule has 0 aliphatic rings. The van der Waals surface area contributed by atoms with Crippen LogP contribution in [0, 0.1) is 5.92 Å². The average Bonchev–Trinajstić information content (AvgIpc) is 2.35. The lowest BCUT2D eigenvalue weighted by molar-refractivity contribution is 0.249. The molecule has 0 saturated carbocycles. The number of nitrogens with one attached hydrogen (secondary N) is 1. The van der Waals surface area contributed by atoms with Crippen molar-refractivity contribution in [2.45, 2.75) is 19.9 Å². The molecule has 1 unspecified atom stereocenters. The summed E-state index contributed by atoms with van der Waals surface area (Å²) in [6.07, 6.45) is 0. The molecular weight excluding hydrogens is 218 g/mol. The standard InChI is InChI=1S/C13H21NO3/c1-9(2)11(8-15)14-10-5-6-12(16-3)13(7-10)17-4/h5-7,9,11,14-15H,8H2,1-4H3. The topological polar surface area (TPSA) is 50.7 Å². The Balaban J connectivity index is 2.85. The Morgan fingerprint density at radius 1 is 1.18 bits per heavy atom. The molecule has 0 radical (unpaired) electrons. The van der Waals surface area contributed by atoms with Crippen LogP contribution in [-0.4, -0.2) is 32.0 Å². The summed E-state index contributed by atoms with van der Waals surface area (Å²) in [5, 5.41) is 12.5. The van der Waals surface area contributed by atoms with E-state index in [0.29, 0.717) is 17.4 Å². The van der Waals surface area contributed by atoms with Gasteiger partial charge in [-0.1, -0.05) is 13.8 Å². The van der Waals surface area contributed by atoms with E-state index < -0.39 is 0 Å². The van der Waals surface area contributed by atoms with Crippen molar-refractivity contribution < 1.29 is 14.6 Å². The first-order valence-electron chi connectivity index (χ1n) is 5.71. The molecule has 1 aromatic rings. The lowest BCUT2D eigenvalue weighted by atomic mass is 10.1. The van der Waals surface area contributed by atoms with Gasteiger partial charge in [-0.25, -0.2) is 0 Å². The molecule has 1 aromatic carbocycles. The number of anilines is 1. The molecule has 0 spiro atoms. The Labute approximate surface area is 103 Å². The number of aliphatic hydroxyl groups excluding tert-OH is 1. The summed E-state index contributed by atoms with van der Waals surface area (Å²) in [7, 11) is 3.21. The summed E-state index contributed by atoms with van der Waals surface area (Å²) in [5.41, 5.74) is 0.912. The number of ether oxygens (including phenoxy) is 2. The minimum Gasteiger partial charge on any atom is -0.493 e. The quantitative estimate of drug-likeness (QED) is 0.798. The first kappa shape index (κ1) is 13.6. The highest BCUT2D eigenvalue weighted by molar-refractivity contribution is 5.55.